The number of alkyl halides is 2. The van der Waals surface area contributed by atoms with Crippen LogP contribution in [0, 0.1) is 6.92 Å². The molecule has 3 nitrogen and oxygen atoms in total. The first kappa shape index (κ1) is 10.8. The zero-order valence-electron chi connectivity index (χ0n) is 8.05. The molecule has 1 heterocycles. The van der Waals surface area contributed by atoms with Gasteiger partial charge in [0.05, 0.1) is 7.11 Å². The van der Waals surface area contributed by atoms with Crippen LogP contribution in [0.25, 0.3) is 0 Å². The molecule has 14 heavy (non-hydrogen) atoms. The van der Waals surface area contributed by atoms with E-state index in [2.05, 4.69) is 4.98 Å². The van der Waals surface area contributed by atoms with Crippen LogP contribution in [-0.4, -0.2) is 12.1 Å². The summed E-state index contributed by atoms with van der Waals surface area (Å²) in [6, 6.07) is 1.22. The van der Waals surface area contributed by atoms with E-state index in [0.29, 0.717) is 11.3 Å². The van der Waals surface area contributed by atoms with E-state index in [0.717, 1.165) is 0 Å². The second-order valence-corrected chi connectivity index (χ2v) is 2.82. The highest BCUT2D eigenvalue weighted by Gasteiger charge is 2.16. The average Bonchev–Trinajstić information content (AvgIpc) is 2.16. The Kier molecular flexibility index (Phi) is 3.35. The minimum absolute atomic E-state index is 0.0580. The van der Waals surface area contributed by atoms with Gasteiger partial charge in [0.25, 0.3) is 6.43 Å². The predicted molar refractivity (Wildman–Crippen MR) is 48.4 cm³/mol. The lowest BCUT2D eigenvalue weighted by molar-refractivity contribution is 0.149. The van der Waals surface area contributed by atoms with Crippen LogP contribution in [0.3, 0.4) is 0 Å². The van der Waals surface area contributed by atoms with Crippen molar-refractivity contribution in [2.24, 2.45) is 5.73 Å². The summed E-state index contributed by atoms with van der Waals surface area (Å²) in [7, 11) is 1.39. The van der Waals surface area contributed by atoms with Crippen molar-refractivity contribution in [1.29, 1.82) is 0 Å². The number of rotatable bonds is 3. The van der Waals surface area contributed by atoms with Crippen molar-refractivity contribution >= 4 is 0 Å². The van der Waals surface area contributed by atoms with Crippen molar-refractivity contribution in [3.8, 4) is 5.88 Å². The Morgan fingerprint density at radius 3 is 2.64 bits per heavy atom. The minimum Gasteiger partial charge on any atom is -0.481 e. The number of methoxy groups -OCH3 is 1. The number of halogens is 2. The van der Waals surface area contributed by atoms with E-state index in [-0.39, 0.29) is 18.0 Å². The van der Waals surface area contributed by atoms with Gasteiger partial charge in [-0.25, -0.2) is 13.8 Å². The van der Waals surface area contributed by atoms with E-state index in [4.69, 9.17) is 10.5 Å². The molecule has 0 saturated carbocycles. The smallest absolute Gasteiger partial charge is 0.264 e. The molecular weight excluding hydrogens is 190 g/mol. The van der Waals surface area contributed by atoms with Gasteiger partial charge < -0.3 is 10.5 Å². The number of aryl methyl sites for hydroxylation is 1. The molecule has 0 aromatic carbocycles. The molecule has 2 N–H and O–H groups in total. The Bertz CT molecular complexity index is 329. The van der Waals surface area contributed by atoms with Gasteiger partial charge in [-0.2, -0.15) is 0 Å². The van der Waals surface area contributed by atoms with Gasteiger partial charge in [0.2, 0.25) is 5.88 Å². The van der Waals surface area contributed by atoms with Gasteiger partial charge in [0, 0.05) is 23.9 Å². The normalized spacial score (nSPS) is 10.7. The fourth-order valence-electron chi connectivity index (χ4n) is 1.26. The monoisotopic (exact) mass is 202 g/mol. The van der Waals surface area contributed by atoms with Gasteiger partial charge in [-0.05, 0) is 12.5 Å². The third-order valence-electron chi connectivity index (χ3n) is 1.99. The van der Waals surface area contributed by atoms with E-state index >= 15 is 0 Å². The highest BCUT2D eigenvalue weighted by Crippen LogP contribution is 2.27. The lowest BCUT2D eigenvalue weighted by atomic mass is 10.1. The summed E-state index contributed by atoms with van der Waals surface area (Å²) in [6.45, 7) is 1.69. The number of hydrogen-bond acceptors (Lipinski definition) is 3. The van der Waals surface area contributed by atoms with Gasteiger partial charge in [-0.1, -0.05) is 0 Å². The standard InChI is InChI=1S/C9H12F2N2O/c1-5-7(4-12)6(9(10)11)3-8(13-5)14-2/h3,9H,4,12H2,1-2H3. The fraction of sp³-hybridized carbons (Fsp3) is 0.444. The largest absolute Gasteiger partial charge is 0.481 e. The molecule has 0 atom stereocenters. The third-order valence-corrected chi connectivity index (χ3v) is 1.99. The van der Waals surface area contributed by atoms with Crippen LogP contribution >= 0.6 is 0 Å². The first-order valence-electron chi connectivity index (χ1n) is 4.12. The van der Waals surface area contributed by atoms with Crippen LogP contribution < -0.4 is 10.5 Å². The third kappa shape index (κ3) is 1.98. The number of nitrogens with zero attached hydrogens (tertiary/aromatic N) is 1. The van der Waals surface area contributed by atoms with Crippen LogP contribution in [-0.2, 0) is 6.54 Å². The summed E-state index contributed by atoms with van der Waals surface area (Å²) < 4.78 is 29.9. The Hall–Kier alpha value is -1.23. The second kappa shape index (κ2) is 4.32. The molecule has 0 saturated heterocycles. The van der Waals surface area contributed by atoms with Crippen LogP contribution in [0.2, 0.25) is 0 Å². The molecule has 1 rings (SSSR count). The van der Waals surface area contributed by atoms with E-state index in [1.54, 1.807) is 6.92 Å². The molecule has 0 unspecified atom stereocenters. The van der Waals surface area contributed by atoms with Crippen molar-refractivity contribution in [2.45, 2.75) is 19.9 Å². The maximum absolute atomic E-state index is 12.6. The maximum Gasteiger partial charge on any atom is 0.264 e. The van der Waals surface area contributed by atoms with E-state index in [1.807, 2.05) is 0 Å². The van der Waals surface area contributed by atoms with Crippen molar-refractivity contribution in [2.75, 3.05) is 7.11 Å². The molecule has 0 aliphatic carbocycles. The number of nitrogens with two attached hydrogens (primary N) is 1. The molecule has 0 spiro atoms. The minimum atomic E-state index is -2.55. The van der Waals surface area contributed by atoms with Crippen molar-refractivity contribution < 1.29 is 13.5 Å². The SMILES string of the molecule is COc1cc(C(F)F)c(CN)c(C)n1. The van der Waals surface area contributed by atoms with Crippen LogP contribution in [0.15, 0.2) is 6.07 Å². The van der Waals surface area contributed by atoms with Crippen molar-refractivity contribution in [3.05, 3.63) is 22.9 Å². The van der Waals surface area contributed by atoms with Gasteiger partial charge >= 0.3 is 0 Å². The molecule has 0 aliphatic rings. The summed E-state index contributed by atoms with van der Waals surface area (Å²) in [5.74, 6) is 0.190. The first-order chi connectivity index (χ1) is 6.60. The van der Waals surface area contributed by atoms with Gasteiger partial charge in [-0.3, -0.25) is 0 Å². The highest BCUT2D eigenvalue weighted by atomic mass is 19.3. The zero-order valence-corrected chi connectivity index (χ0v) is 8.05. The summed E-state index contributed by atoms with van der Waals surface area (Å²) >= 11 is 0. The van der Waals surface area contributed by atoms with Crippen LogP contribution in [0.1, 0.15) is 23.2 Å². The molecule has 0 aliphatic heterocycles. The predicted octanol–water partition coefficient (Wildman–Crippen LogP) is 1.79. The number of hydrogen-bond donors (Lipinski definition) is 1. The van der Waals surface area contributed by atoms with E-state index < -0.39 is 6.43 Å². The lowest BCUT2D eigenvalue weighted by Crippen LogP contribution is -2.07. The summed E-state index contributed by atoms with van der Waals surface area (Å²) in [5.41, 5.74) is 6.14. The Morgan fingerprint density at radius 2 is 2.21 bits per heavy atom. The Labute approximate surface area is 80.9 Å². The first-order valence-corrected chi connectivity index (χ1v) is 4.12. The van der Waals surface area contributed by atoms with Crippen LogP contribution in [0.4, 0.5) is 8.78 Å². The molecule has 0 bridgehead atoms. The molecule has 5 heteroatoms. The molecule has 0 radical (unpaired) electrons. The Morgan fingerprint density at radius 1 is 1.57 bits per heavy atom. The molecular formula is C9H12F2N2O. The maximum atomic E-state index is 12.6. The summed E-state index contributed by atoms with van der Waals surface area (Å²) in [4.78, 5) is 3.97. The molecule has 1 aromatic rings. The highest BCUT2D eigenvalue weighted by molar-refractivity contribution is 5.35. The average molecular weight is 202 g/mol. The topological polar surface area (TPSA) is 48.1 Å². The lowest BCUT2D eigenvalue weighted by Gasteiger charge is -2.11. The summed E-state index contributed by atoms with van der Waals surface area (Å²) in [5, 5.41) is 0. The van der Waals surface area contributed by atoms with Crippen LogP contribution in [0.5, 0.6) is 5.88 Å². The molecule has 1 aromatic heterocycles. The molecule has 78 valence electrons. The van der Waals surface area contributed by atoms with E-state index in [9.17, 15) is 8.78 Å². The van der Waals surface area contributed by atoms with Gasteiger partial charge in [0.15, 0.2) is 0 Å². The van der Waals surface area contributed by atoms with Gasteiger partial charge in [0.1, 0.15) is 0 Å². The van der Waals surface area contributed by atoms with E-state index in [1.165, 1.54) is 13.2 Å². The van der Waals surface area contributed by atoms with Crippen molar-refractivity contribution in [3.63, 3.8) is 0 Å². The van der Waals surface area contributed by atoms with Gasteiger partial charge in [-0.15, -0.1) is 0 Å². The second-order valence-electron chi connectivity index (χ2n) is 2.82. The summed E-state index contributed by atoms with van der Waals surface area (Å²) in [6.07, 6.45) is -2.55. The number of aromatic nitrogens is 1. The van der Waals surface area contributed by atoms with Crippen molar-refractivity contribution in [1.82, 2.24) is 4.98 Å². The molecule has 0 fully saturated rings. The fourth-order valence-corrected chi connectivity index (χ4v) is 1.26. The number of pyridine rings is 1. The zero-order chi connectivity index (χ0) is 10.7. The quantitative estimate of drug-likeness (QED) is 0.812. The molecule has 0 amide bonds. The Balaban J connectivity index is 3.28. The number of ether oxygens (including phenoxy) is 1.